The van der Waals surface area contributed by atoms with E-state index in [9.17, 15) is 4.79 Å². The number of methoxy groups -OCH3 is 1. The third-order valence-corrected chi connectivity index (χ3v) is 3.18. The molecule has 2 amide bonds. The first-order valence-electron chi connectivity index (χ1n) is 6.41. The summed E-state index contributed by atoms with van der Waals surface area (Å²) in [5.74, 6) is 0.545. The lowest BCUT2D eigenvalue weighted by Gasteiger charge is -2.16. The van der Waals surface area contributed by atoms with Crippen LogP contribution in [0.3, 0.4) is 0 Å². The molecule has 0 spiro atoms. The number of aromatic nitrogens is 1. The first-order valence-corrected chi connectivity index (χ1v) is 6.79. The second-order valence-corrected chi connectivity index (χ2v) is 4.89. The van der Waals surface area contributed by atoms with Crippen LogP contribution in [-0.4, -0.2) is 18.1 Å². The molecule has 0 saturated heterocycles. The summed E-state index contributed by atoms with van der Waals surface area (Å²) in [5, 5.41) is 6.07. The van der Waals surface area contributed by atoms with Crippen LogP contribution in [0.15, 0.2) is 42.7 Å². The largest absolute Gasteiger partial charge is 0.495 e. The van der Waals surface area contributed by atoms with Gasteiger partial charge in [0.05, 0.1) is 18.8 Å². The van der Waals surface area contributed by atoms with E-state index in [1.165, 1.54) is 7.11 Å². The number of hydrogen-bond acceptors (Lipinski definition) is 3. The van der Waals surface area contributed by atoms with Gasteiger partial charge in [0.1, 0.15) is 5.75 Å². The number of amides is 2. The molecule has 21 heavy (non-hydrogen) atoms. The molecule has 1 aromatic heterocycles. The molecule has 0 radical (unpaired) electrons. The average Bonchev–Trinajstić information content (AvgIpc) is 2.48. The lowest BCUT2D eigenvalue weighted by atomic mass is 10.1. The number of carbonyl (C=O) groups excluding carboxylic acids is 1. The molecule has 1 unspecified atom stereocenters. The lowest BCUT2D eigenvalue weighted by molar-refractivity contribution is 0.249. The van der Waals surface area contributed by atoms with E-state index < -0.39 is 0 Å². The Kier molecular flexibility index (Phi) is 5.00. The van der Waals surface area contributed by atoms with E-state index in [1.807, 2.05) is 19.1 Å². The highest BCUT2D eigenvalue weighted by atomic mass is 35.5. The zero-order valence-corrected chi connectivity index (χ0v) is 12.5. The number of halogens is 1. The molecule has 110 valence electrons. The van der Waals surface area contributed by atoms with Crippen molar-refractivity contribution in [1.29, 1.82) is 0 Å². The quantitative estimate of drug-likeness (QED) is 0.906. The minimum absolute atomic E-state index is 0.163. The average molecular weight is 306 g/mol. The number of rotatable bonds is 4. The van der Waals surface area contributed by atoms with Crippen molar-refractivity contribution < 1.29 is 9.53 Å². The Balaban J connectivity index is 2.04. The van der Waals surface area contributed by atoms with Gasteiger partial charge in [0, 0.05) is 17.4 Å². The fraction of sp³-hybridized carbons (Fsp3) is 0.200. The molecule has 5 nitrogen and oxygen atoms in total. The Morgan fingerprint density at radius 1 is 1.38 bits per heavy atom. The molecule has 6 heteroatoms. The monoisotopic (exact) mass is 305 g/mol. The second-order valence-electron chi connectivity index (χ2n) is 4.45. The standard InChI is InChI=1S/C15H16ClN3O2/c1-10(11-4-3-7-17-9-11)18-15(20)19-13-8-12(16)5-6-14(13)21-2/h3-10H,1-2H3,(H2,18,19,20). The summed E-state index contributed by atoms with van der Waals surface area (Å²) in [4.78, 5) is 16.1. The van der Waals surface area contributed by atoms with Crippen molar-refractivity contribution in [3.8, 4) is 5.75 Å². The number of hydrogen-bond donors (Lipinski definition) is 2. The number of pyridine rings is 1. The summed E-state index contributed by atoms with van der Waals surface area (Å²) in [5.41, 5.74) is 1.44. The Morgan fingerprint density at radius 3 is 2.86 bits per heavy atom. The molecule has 0 bridgehead atoms. The van der Waals surface area contributed by atoms with Crippen molar-refractivity contribution in [2.45, 2.75) is 13.0 Å². The number of carbonyl (C=O) groups is 1. The maximum atomic E-state index is 12.0. The van der Waals surface area contributed by atoms with Crippen molar-refractivity contribution in [2.75, 3.05) is 12.4 Å². The van der Waals surface area contributed by atoms with Crippen molar-refractivity contribution in [3.05, 3.63) is 53.3 Å². The highest BCUT2D eigenvalue weighted by Gasteiger charge is 2.12. The molecule has 1 aromatic carbocycles. The maximum absolute atomic E-state index is 12.0. The van der Waals surface area contributed by atoms with Crippen LogP contribution in [0.5, 0.6) is 5.75 Å². The first kappa shape index (κ1) is 15.1. The van der Waals surface area contributed by atoms with Gasteiger partial charge in [-0.2, -0.15) is 0 Å². The summed E-state index contributed by atoms with van der Waals surface area (Å²) >= 11 is 5.92. The van der Waals surface area contributed by atoms with E-state index in [4.69, 9.17) is 16.3 Å². The van der Waals surface area contributed by atoms with E-state index >= 15 is 0 Å². The van der Waals surface area contributed by atoms with Gasteiger partial charge in [-0.05, 0) is 36.8 Å². The molecule has 1 atom stereocenters. The van der Waals surface area contributed by atoms with Crippen molar-refractivity contribution >= 4 is 23.3 Å². The van der Waals surface area contributed by atoms with E-state index in [-0.39, 0.29) is 12.1 Å². The van der Waals surface area contributed by atoms with Gasteiger partial charge in [-0.15, -0.1) is 0 Å². The van der Waals surface area contributed by atoms with Crippen molar-refractivity contribution in [1.82, 2.24) is 10.3 Å². The number of urea groups is 1. The van der Waals surface area contributed by atoms with Crippen LogP contribution in [0.25, 0.3) is 0 Å². The van der Waals surface area contributed by atoms with Gasteiger partial charge in [-0.25, -0.2) is 4.79 Å². The van der Waals surface area contributed by atoms with Gasteiger partial charge in [0.2, 0.25) is 0 Å². The molecule has 0 aliphatic carbocycles. The van der Waals surface area contributed by atoms with E-state index in [2.05, 4.69) is 15.6 Å². The minimum atomic E-state index is -0.341. The summed E-state index contributed by atoms with van der Waals surface area (Å²) in [6.07, 6.45) is 3.40. The fourth-order valence-corrected chi connectivity index (χ4v) is 2.02. The SMILES string of the molecule is COc1ccc(Cl)cc1NC(=O)NC(C)c1cccnc1. The molecule has 0 aliphatic rings. The molecule has 0 saturated carbocycles. The van der Waals surface area contributed by atoms with Crippen LogP contribution in [0.2, 0.25) is 5.02 Å². The zero-order valence-electron chi connectivity index (χ0n) is 11.8. The number of benzene rings is 1. The van der Waals surface area contributed by atoms with Crippen LogP contribution in [0.1, 0.15) is 18.5 Å². The van der Waals surface area contributed by atoms with Gasteiger partial charge in [0.25, 0.3) is 0 Å². The Bertz CT molecular complexity index is 620. The van der Waals surface area contributed by atoms with Crippen molar-refractivity contribution in [3.63, 3.8) is 0 Å². The van der Waals surface area contributed by atoms with Crippen LogP contribution >= 0.6 is 11.6 Å². The number of anilines is 1. The fourth-order valence-electron chi connectivity index (χ4n) is 1.85. The Morgan fingerprint density at radius 2 is 2.19 bits per heavy atom. The van der Waals surface area contributed by atoms with Gasteiger partial charge < -0.3 is 15.4 Å². The van der Waals surface area contributed by atoms with Gasteiger partial charge in [-0.1, -0.05) is 17.7 Å². The second kappa shape index (κ2) is 6.95. The smallest absolute Gasteiger partial charge is 0.319 e. The van der Waals surface area contributed by atoms with E-state index in [0.717, 1.165) is 5.56 Å². The topological polar surface area (TPSA) is 63.2 Å². The number of nitrogens with zero attached hydrogens (tertiary/aromatic N) is 1. The normalized spacial score (nSPS) is 11.6. The number of nitrogens with one attached hydrogen (secondary N) is 2. The van der Waals surface area contributed by atoms with Gasteiger partial charge in [0.15, 0.2) is 0 Å². The van der Waals surface area contributed by atoms with Crippen LogP contribution in [-0.2, 0) is 0 Å². The lowest BCUT2D eigenvalue weighted by Crippen LogP contribution is -2.31. The van der Waals surface area contributed by atoms with Gasteiger partial charge >= 0.3 is 6.03 Å². The minimum Gasteiger partial charge on any atom is -0.495 e. The summed E-state index contributed by atoms with van der Waals surface area (Å²) in [6, 6.07) is 8.25. The highest BCUT2D eigenvalue weighted by Crippen LogP contribution is 2.27. The molecule has 2 rings (SSSR count). The van der Waals surface area contributed by atoms with Crippen molar-refractivity contribution in [2.24, 2.45) is 0 Å². The molecule has 0 aliphatic heterocycles. The summed E-state index contributed by atoms with van der Waals surface area (Å²) in [7, 11) is 1.53. The molecular formula is C15H16ClN3O2. The molecule has 1 heterocycles. The zero-order chi connectivity index (χ0) is 15.2. The van der Waals surface area contributed by atoms with Crippen LogP contribution < -0.4 is 15.4 Å². The molecule has 2 aromatic rings. The summed E-state index contributed by atoms with van der Waals surface area (Å²) in [6.45, 7) is 1.88. The highest BCUT2D eigenvalue weighted by molar-refractivity contribution is 6.31. The first-order chi connectivity index (χ1) is 10.1. The number of ether oxygens (including phenoxy) is 1. The molecular weight excluding hydrogens is 290 g/mol. The van der Waals surface area contributed by atoms with Crippen LogP contribution in [0, 0.1) is 0 Å². The summed E-state index contributed by atoms with van der Waals surface area (Å²) < 4.78 is 5.18. The predicted molar refractivity (Wildman–Crippen MR) is 82.8 cm³/mol. The molecule has 2 N–H and O–H groups in total. The van der Waals surface area contributed by atoms with E-state index in [1.54, 1.807) is 30.6 Å². The maximum Gasteiger partial charge on any atom is 0.319 e. The Hall–Kier alpha value is -2.27. The van der Waals surface area contributed by atoms with Crippen LogP contribution in [0.4, 0.5) is 10.5 Å². The van der Waals surface area contributed by atoms with E-state index in [0.29, 0.717) is 16.5 Å². The predicted octanol–water partition coefficient (Wildman–Crippen LogP) is 3.63. The molecule has 0 fully saturated rings. The van der Waals surface area contributed by atoms with Gasteiger partial charge in [-0.3, -0.25) is 4.98 Å². The third kappa shape index (κ3) is 4.10. The third-order valence-electron chi connectivity index (χ3n) is 2.94. The Labute approximate surface area is 128 Å².